The van der Waals surface area contributed by atoms with Crippen LogP contribution >= 0.6 is 0 Å². The summed E-state index contributed by atoms with van der Waals surface area (Å²) in [5.41, 5.74) is 7.08. The third-order valence-corrected chi connectivity index (χ3v) is 7.09. The van der Waals surface area contributed by atoms with Crippen LogP contribution in [-0.4, -0.2) is 27.5 Å². The van der Waals surface area contributed by atoms with Crippen molar-refractivity contribution in [1.29, 1.82) is 0 Å². The van der Waals surface area contributed by atoms with E-state index in [9.17, 15) is 9.90 Å². The Hall–Kier alpha value is -3.41. The van der Waals surface area contributed by atoms with E-state index < -0.39 is 5.97 Å². The first-order chi connectivity index (χ1) is 16.2. The SMILES string of the molecule is C=Nc1c(-c2ccc(C(=O)O)cc2)cn(CC2(C)CCCCC2)c1/C=C(\C)c1c(C)noc1C. The maximum Gasteiger partial charge on any atom is 0.335 e. The molecule has 34 heavy (non-hydrogen) atoms. The minimum absolute atomic E-state index is 0.222. The zero-order valence-electron chi connectivity index (χ0n) is 20.5. The quantitative estimate of drug-likeness (QED) is 0.375. The summed E-state index contributed by atoms with van der Waals surface area (Å²) in [7, 11) is 0. The van der Waals surface area contributed by atoms with E-state index in [4.69, 9.17) is 4.52 Å². The second-order valence-electron chi connectivity index (χ2n) is 9.84. The van der Waals surface area contributed by atoms with Gasteiger partial charge in [0.05, 0.1) is 22.6 Å². The number of hydrogen-bond donors (Lipinski definition) is 1. The van der Waals surface area contributed by atoms with Crippen LogP contribution in [0.1, 0.15) is 79.0 Å². The highest BCUT2D eigenvalue weighted by Gasteiger charge is 2.29. The molecule has 0 amide bonds. The number of aryl methyl sites for hydroxylation is 2. The molecular weight excluding hydrogens is 426 g/mol. The Balaban J connectivity index is 1.85. The number of hydrogen-bond acceptors (Lipinski definition) is 4. The molecule has 2 aromatic heterocycles. The molecule has 1 aliphatic carbocycles. The number of rotatable bonds is 7. The number of aromatic nitrogens is 2. The first-order valence-corrected chi connectivity index (χ1v) is 11.9. The summed E-state index contributed by atoms with van der Waals surface area (Å²) >= 11 is 0. The largest absolute Gasteiger partial charge is 0.478 e. The minimum atomic E-state index is -0.935. The molecule has 0 aliphatic heterocycles. The number of carboxylic acid groups (broad SMARTS) is 1. The summed E-state index contributed by atoms with van der Waals surface area (Å²) < 4.78 is 7.71. The standard InChI is InChI=1S/C28H33N3O3/c1-18(25-19(2)30-34-20(25)3)15-24-26(29-5)23(21-9-11-22(12-10-21)27(32)33)16-31(24)17-28(4)13-7-6-8-14-28/h9-12,15-16H,5-8,13-14,17H2,1-4H3,(H,32,33)/b18-15+. The van der Waals surface area contributed by atoms with Crippen molar-refractivity contribution in [1.82, 2.24) is 9.72 Å². The van der Waals surface area contributed by atoms with Gasteiger partial charge in [0.25, 0.3) is 0 Å². The van der Waals surface area contributed by atoms with E-state index in [1.54, 1.807) is 12.1 Å². The molecular formula is C28H33N3O3. The second-order valence-corrected chi connectivity index (χ2v) is 9.84. The molecule has 6 nitrogen and oxygen atoms in total. The van der Waals surface area contributed by atoms with E-state index in [2.05, 4.69) is 47.6 Å². The fraction of sp³-hybridized carbons (Fsp3) is 0.393. The van der Waals surface area contributed by atoms with Gasteiger partial charge in [-0.1, -0.05) is 43.5 Å². The van der Waals surface area contributed by atoms with Gasteiger partial charge in [0.15, 0.2) is 0 Å². The van der Waals surface area contributed by atoms with Crippen LogP contribution in [0.2, 0.25) is 0 Å². The predicted octanol–water partition coefficient (Wildman–Crippen LogP) is 7.32. The molecule has 0 saturated heterocycles. The number of benzene rings is 1. The summed E-state index contributed by atoms with van der Waals surface area (Å²) in [5, 5.41) is 13.4. The molecule has 4 rings (SSSR count). The number of aromatic carboxylic acids is 1. The first kappa shape index (κ1) is 23.7. The van der Waals surface area contributed by atoms with Gasteiger partial charge < -0.3 is 14.2 Å². The lowest BCUT2D eigenvalue weighted by molar-refractivity contribution is 0.0697. The van der Waals surface area contributed by atoms with Gasteiger partial charge in [0, 0.05) is 23.9 Å². The van der Waals surface area contributed by atoms with E-state index in [-0.39, 0.29) is 11.0 Å². The number of allylic oxidation sites excluding steroid dienone is 1. The Labute approximate surface area is 201 Å². The average Bonchev–Trinajstić information content (AvgIpc) is 3.32. The Bertz CT molecular complexity index is 1220. The summed E-state index contributed by atoms with van der Waals surface area (Å²) in [6, 6.07) is 6.95. The highest BCUT2D eigenvalue weighted by molar-refractivity contribution is 5.92. The van der Waals surface area contributed by atoms with Crippen LogP contribution in [0.5, 0.6) is 0 Å². The number of aliphatic imine (C=N–C) groups is 1. The van der Waals surface area contributed by atoms with Gasteiger partial charge >= 0.3 is 5.97 Å². The van der Waals surface area contributed by atoms with E-state index in [1.807, 2.05) is 26.0 Å². The Morgan fingerprint density at radius 3 is 2.47 bits per heavy atom. The summed E-state index contributed by atoms with van der Waals surface area (Å²) in [6.07, 6.45) is 10.5. The summed E-state index contributed by atoms with van der Waals surface area (Å²) in [5.74, 6) is -0.142. The molecule has 3 aromatic rings. The molecule has 0 atom stereocenters. The smallest absolute Gasteiger partial charge is 0.335 e. The van der Waals surface area contributed by atoms with Gasteiger partial charge in [-0.25, -0.2) is 4.79 Å². The van der Waals surface area contributed by atoms with Crippen molar-refractivity contribution in [2.45, 2.75) is 66.3 Å². The third kappa shape index (κ3) is 4.63. The van der Waals surface area contributed by atoms with Crippen LogP contribution in [0.25, 0.3) is 22.8 Å². The molecule has 178 valence electrons. The lowest BCUT2D eigenvalue weighted by Gasteiger charge is -2.34. The predicted molar refractivity (Wildman–Crippen MR) is 137 cm³/mol. The zero-order valence-corrected chi connectivity index (χ0v) is 20.5. The van der Waals surface area contributed by atoms with Crippen molar-refractivity contribution in [3.8, 4) is 11.1 Å². The summed E-state index contributed by atoms with van der Waals surface area (Å²) in [4.78, 5) is 15.8. The van der Waals surface area contributed by atoms with Crippen LogP contribution in [0.3, 0.4) is 0 Å². The second kappa shape index (κ2) is 9.45. The highest BCUT2D eigenvalue weighted by atomic mass is 16.5. The molecule has 1 aliphatic rings. The van der Waals surface area contributed by atoms with E-state index in [0.29, 0.717) is 0 Å². The van der Waals surface area contributed by atoms with Gasteiger partial charge in [-0.15, -0.1) is 0 Å². The molecule has 2 heterocycles. The maximum absolute atomic E-state index is 11.3. The maximum atomic E-state index is 11.3. The fourth-order valence-electron chi connectivity index (χ4n) is 5.31. The first-order valence-electron chi connectivity index (χ1n) is 11.9. The lowest BCUT2D eigenvalue weighted by Crippen LogP contribution is -2.26. The van der Waals surface area contributed by atoms with Gasteiger partial charge in [-0.2, -0.15) is 0 Å². The molecule has 1 fully saturated rings. The van der Waals surface area contributed by atoms with Crippen molar-refractivity contribution < 1.29 is 14.4 Å². The Morgan fingerprint density at radius 2 is 1.91 bits per heavy atom. The van der Waals surface area contributed by atoms with Crippen molar-refractivity contribution in [2.75, 3.05) is 0 Å². The van der Waals surface area contributed by atoms with E-state index in [1.165, 1.54) is 32.1 Å². The number of carbonyl (C=O) groups is 1. The van der Waals surface area contributed by atoms with E-state index in [0.717, 1.165) is 51.6 Å². The Morgan fingerprint density at radius 1 is 1.24 bits per heavy atom. The van der Waals surface area contributed by atoms with Gasteiger partial charge in [0.2, 0.25) is 0 Å². The van der Waals surface area contributed by atoms with Gasteiger partial charge in [-0.3, -0.25) is 4.99 Å². The molecule has 0 unspecified atom stereocenters. The number of carboxylic acids is 1. The van der Waals surface area contributed by atoms with Gasteiger partial charge in [0.1, 0.15) is 5.76 Å². The molecule has 0 radical (unpaired) electrons. The molecule has 1 N–H and O–H groups in total. The van der Waals surface area contributed by atoms with Crippen LogP contribution in [0.4, 0.5) is 5.69 Å². The summed E-state index contributed by atoms with van der Waals surface area (Å²) in [6.45, 7) is 13.1. The zero-order chi connectivity index (χ0) is 24.5. The van der Waals surface area contributed by atoms with Crippen molar-refractivity contribution in [2.24, 2.45) is 10.4 Å². The van der Waals surface area contributed by atoms with Gasteiger partial charge in [-0.05, 0) is 75.1 Å². The number of nitrogens with zero attached hydrogens (tertiary/aromatic N) is 3. The lowest BCUT2D eigenvalue weighted by atomic mass is 9.75. The topological polar surface area (TPSA) is 80.6 Å². The molecule has 1 aromatic carbocycles. The average molecular weight is 460 g/mol. The highest BCUT2D eigenvalue weighted by Crippen LogP contribution is 2.42. The van der Waals surface area contributed by atoms with Crippen LogP contribution in [-0.2, 0) is 6.54 Å². The molecule has 0 spiro atoms. The van der Waals surface area contributed by atoms with Crippen LogP contribution < -0.4 is 0 Å². The Kier molecular flexibility index (Phi) is 6.60. The van der Waals surface area contributed by atoms with E-state index >= 15 is 0 Å². The van der Waals surface area contributed by atoms with Crippen molar-refractivity contribution in [3.63, 3.8) is 0 Å². The molecule has 6 heteroatoms. The third-order valence-electron chi connectivity index (χ3n) is 7.09. The normalized spacial score (nSPS) is 15.9. The monoisotopic (exact) mass is 459 g/mol. The van der Waals surface area contributed by atoms with Crippen LogP contribution in [0, 0.1) is 19.3 Å². The molecule has 0 bridgehead atoms. The minimum Gasteiger partial charge on any atom is -0.478 e. The fourth-order valence-corrected chi connectivity index (χ4v) is 5.31. The van der Waals surface area contributed by atoms with Crippen LogP contribution in [0.15, 0.2) is 40.0 Å². The molecule has 1 saturated carbocycles. The van der Waals surface area contributed by atoms with Crippen molar-refractivity contribution >= 4 is 30.0 Å². The van der Waals surface area contributed by atoms with Crippen molar-refractivity contribution in [3.05, 3.63) is 58.7 Å².